The second-order valence-electron chi connectivity index (χ2n) is 7.57. The number of nitrogens with zero attached hydrogens (tertiary/aromatic N) is 2. The highest BCUT2D eigenvalue weighted by atomic mass is 16.5. The van der Waals surface area contributed by atoms with Crippen LogP contribution in [0.15, 0.2) is 29.3 Å². The number of carbonyl (C=O) groups excluding carboxylic acids is 1. The van der Waals surface area contributed by atoms with Crippen molar-refractivity contribution in [2.75, 3.05) is 60.7 Å². The van der Waals surface area contributed by atoms with E-state index in [0.29, 0.717) is 25.0 Å². The Morgan fingerprint density at radius 2 is 1.93 bits per heavy atom. The van der Waals surface area contributed by atoms with Gasteiger partial charge < -0.3 is 29.7 Å². The molecule has 0 atom stereocenters. The minimum atomic E-state index is -0.00579. The average molecular weight is 421 g/mol. The zero-order valence-corrected chi connectivity index (χ0v) is 18.5. The highest BCUT2D eigenvalue weighted by Crippen LogP contribution is 2.14. The Kier molecular flexibility index (Phi) is 11.0. The lowest BCUT2D eigenvalue weighted by atomic mass is 10.0. The Hall–Kier alpha value is -2.32. The summed E-state index contributed by atoms with van der Waals surface area (Å²) < 4.78 is 16.4. The van der Waals surface area contributed by atoms with Gasteiger partial charge in [-0.1, -0.05) is 12.1 Å². The summed E-state index contributed by atoms with van der Waals surface area (Å²) in [5.41, 5.74) is 1.07. The van der Waals surface area contributed by atoms with Crippen LogP contribution in [0.4, 0.5) is 0 Å². The van der Waals surface area contributed by atoms with Crippen LogP contribution in [0.2, 0.25) is 0 Å². The standard InChI is InChI=1S/C22H36N4O4/c1-26(2)21(27)16-25-22(24-15-18-5-7-20(28-3)8-6-18)23-11-4-12-30-17-19-9-13-29-14-10-19/h5-8,19H,4,9-17H2,1-3H3,(H2,23,24,25). The van der Waals surface area contributed by atoms with Crippen molar-refractivity contribution in [3.63, 3.8) is 0 Å². The SMILES string of the molecule is COc1ccc(CN=C(NCCCOCC2CCOCC2)NCC(=O)N(C)C)cc1. The maximum absolute atomic E-state index is 11.9. The Labute approximate surface area is 180 Å². The summed E-state index contributed by atoms with van der Waals surface area (Å²) in [5, 5.41) is 6.39. The molecule has 30 heavy (non-hydrogen) atoms. The van der Waals surface area contributed by atoms with E-state index in [0.717, 1.165) is 56.9 Å². The van der Waals surface area contributed by atoms with E-state index in [4.69, 9.17) is 14.2 Å². The van der Waals surface area contributed by atoms with Gasteiger partial charge in [-0.05, 0) is 42.9 Å². The first-order chi connectivity index (χ1) is 14.6. The van der Waals surface area contributed by atoms with Gasteiger partial charge in [0, 0.05) is 47.1 Å². The molecule has 0 bridgehead atoms. The highest BCUT2D eigenvalue weighted by Gasteiger charge is 2.13. The van der Waals surface area contributed by atoms with Crippen LogP contribution in [0.1, 0.15) is 24.8 Å². The zero-order valence-electron chi connectivity index (χ0n) is 18.5. The number of likely N-dealkylation sites (N-methyl/N-ethyl adjacent to an activating group) is 1. The first-order valence-corrected chi connectivity index (χ1v) is 10.6. The molecule has 1 aliphatic rings. The Balaban J connectivity index is 1.75. The summed E-state index contributed by atoms with van der Waals surface area (Å²) in [7, 11) is 5.12. The molecule has 1 amide bonds. The molecule has 0 aromatic heterocycles. The lowest BCUT2D eigenvalue weighted by Gasteiger charge is -2.21. The van der Waals surface area contributed by atoms with E-state index in [1.165, 1.54) is 0 Å². The minimum absolute atomic E-state index is 0.00579. The summed E-state index contributed by atoms with van der Waals surface area (Å²) in [5.74, 6) is 2.04. The fraction of sp³-hybridized carbons (Fsp3) is 0.636. The number of methoxy groups -OCH3 is 1. The fourth-order valence-electron chi connectivity index (χ4n) is 2.94. The second kappa shape index (κ2) is 13.8. The maximum Gasteiger partial charge on any atom is 0.241 e. The third-order valence-corrected chi connectivity index (χ3v) is 4.94. The van der Waals surface area contributed by atoms with Crippen molar-refractivity contribution in [2.45, 2.75) is 25.8 Å². The first kappa shape index (κ1) is 24.0. The van der Waals surface area contributed by atoms with E-state index in [1.54, 1.807) is 26.1 Å². The Morgan fingerprint density at radius 3 is 2.60 bits per heavy atom. The highest BCUT2D eigenvalue weighted by molar-refractivity contribution is 5.86. The molecule has 1 aliphatic heterocycles. The van der Waals surface area contributed by atoms with E-state index in [-0.39, 0.29) is 12.5 Å². The molecule has 1 aromatic carbocycles. The van der Waals surface area contributed by atoms with Crippen molar-refractivity contribution in [3.8, 4) is 5.75 Å². The number of rotatable bonds is 11. The summed E-state index contributed by atoms with van der Waals surface area (Å²) in [6.07, 6.45) is 3.04. The smallest absolute Gasteiger partial charge is 0.241 e. The zero-order chi connectivity index (χ0) is 21.6. The van der Waals surface area contributed by atoms with Gasteiger partial charge in [0.05, 0.1) is 20.2 Å². The van der Waals surface area contributed by atoms with Crippen LogP contribution in [-0.4, -0.2) is 77.5 Å². The molecular formula is C22H36N4O4. The van der Waals surface area contributed by atoms with Crippen LogP contribution in [0, 0.1) is 5.92 Å². The number of guanidine groups is 1. The molecule has 1 heterocycles. The van der Waals surface area contributed by atoms with Gasteiger partial charge in [0.25, 0.3) is 0 Å². The van der Waals surface area contributed by atoms with Gasteiger partial charge >= 0.3 is 0 Å². The predicted octanol–water partition coefficient (Wildman–Crippen LogP) is 1.65. The van der Waals surface area contributed by atoms with Crippen LogP contribution < -0.4 is 15.4 Å². The predicted molar refractivity (Wildman–Crippen MR) is 118 cm³/mol. The van der Waals surface area contributed by atoms with Crippen molar-refractivity contribution < 1.29 is 19.0 Å². The molecule has 0 spiro atoms. The lowest BCUT2D eigenvalue weighted by Crippen LogP contribution is -2.43. The number of hydrogen-bond acceptors (Lipinski definition) is 5. The quantitative estimate of drug-likeness (QED) is 0.322. The van der Waals surface area contributed by atoms with E-state index in [1.807, 2.05) is 24.3 Å². The van der Waals surface area contributed by atoms with Gasteiger partial charge in [0.2, 0.25) is 5.91 Å². The number of benzene rings is 1. The van der Waals surface area contributed by atoms with Crippen molar-refractivity contribution in [1.82, 2.24) is 15.5 Å². The molecule has 0 radical (unpaired) electrons. The van der Waals surface area contributed by atoms with Crippen LogP contribution in [0.25, 0.3) is 0 Å². The van der Waals surface area contributed by atoms with Crippen LogP contribution in [-0.2, 0) is 20.8 Å². The molecule has 0 unspecified atom stereocenters. The van der Waals surface area contributed by atoms with Gasteiger partial charge in [-0.25, -0.2) is 4.99 Å². The van der Waals surface area contributed by atoms with Crippen molar-refractivity contribution in [3.05, 3.63) is 29.8 Å². The van der Waals surface area contributed by atoms with Gasteiger partial charge in [0.15, 0.2) is 5.96 Å². The Morgan fingerprint density at radius 1 is 1.20 bits per heavy atom. The normalized spacial score (nSPS) is 15.0. The summed E-state index contributed by atoms with van der Waals surface area (Å²) in [6, 6.07) is 7.79. The van der Waals surface area contributed by atoms with Crippen LogP contribution in [0.3, 0.4) is 0 Å². The molecule has 1 fully saturated rings. The molecule has 1 aromatic rings. The van der Waals surface area contributed by atoms with Crippen molar-refractivity contribution >= 4 is 11.9 Å². The molecule has 2 N–H and O–H groups in total. The van der Waals surface area contributed by atoms with Gasteiger partial charge in [-0.2, -0.15) is 0 Å². The number of carbonyl (C=O) groups is 1. The van der Waals surface area contributed by atoms with Gasteiger partial charge in [-0.15, -0.1) is 0 Å². The minimum Gasteiger partial charge on any atom is -0.497 e. The number of amides is 1. The molecule has 2 rings (SSSR count). The summed E-state index contributed by atoms with van der Waals surface area (Å²) >= 11 is 0. The van der Waals surface area contributed by atoms with Crippen LogP contribution in [0.5, 0.6) is 5.75 Å². The molecule has 168 valence electrons. The molecule has 1 saturated heterocycles. The fourth-order valence-corrected chi connectivity index (χ4v) is 2.94. The summed E-state index contributed by atoms with van der Waals surface area (Å²) in [6.45, 7) is 4.63. The van der Waals surface area contributed by atoms with Crippen molar-refractivity contribution in [2.24, 2.45) is 10.9 Å². The first-order valence-electron chi connectivity index (χ1n) is 10.6. The molecule has 8 nitrogen and oxygen atoms in total. The number of ether oxygens (including phenoxy) is 3. The third-order valence-electron chi connectivity index (χ3n) is 4.94. The van der Waals surface area contributed by atoms with E-state index < -0.39 is 0 Å². The molecule has 8 heteroatoms. The number of hydrogen-bond donors (Lipinski definition) is 2. The number of aliphatic imine (C=N–C) groups is 1. The molecule has 0 saturated carbocycles. The molecular weight excluding hydrogens is 384 g/mol. The summed E-state index contributed by atoms with van der Waals surface area (Å²) in [4.78, 5) is 18.0. The van der Waals surface area contributed by atoms with Crippen LogP contribution >= 0.6 is 0 Å². The number of nitrogens with one attached hydrogen (secondary N) is 2. The van der Waals surface area contributed by atoms with E-state index in [2.05, 4.69) is 15.6 Å². The Bertz CT molecular complexity index is 643. The third kappa shape index (κ3) is 9.45. The van der Waals surface area contributed by atoms with E-state index >= 15 is 0 Å². The van der Waals surface area contributed by atoms with Gasteiger partial charge in [0.1, 0.15) is 5.75 Å². The lowest BCUT2D eigenvalue weighted by molar-refractivity contribution is -0.127. The topological polar surface area (TPSA) is 84.4 Å². The monoisotopic (exact) mass is 420 g/mol. The largest absolute Gasteiger partial charge is 0.497 e. The van der Waals surface area contributed by atoms with Gasteiger partial charge in [-0.3, -0.25) is 4.79 Å². The molecule has 0 aliphatic carbocycles. The van der Waals surface area contributed by atoms with E-state index in [9.17, 15) is 4.79 Å². The maximum atomic E-state index is 11.9. The average Bonchev–Trinajstić information content (AvgIpc) is 2.78. The van der Waals surface area contributed by atoms with Crippen molar-refractivity contribution in [1.29, 1.82) is 0 Å². The second-order valence-corrected chi connectivity index (χ2v) is 7.57.